The average Bonchev–Trinajstić information content (AvgIpc) is 2.73. The molecule has 0 aliphatic rings. The first-order valence-electron chi connectivity index (χ1n) is 11.7. The van der Waals surface area contributed by atoms with Crippen LogP contribution in [0.25, 0.3) is 0 Å². The van der Waals surface area contributed by atoms with E-state index in [9.17, 15) is 9.90 Å². The number of hydrogen-bond acceptors (Lipinski definition) is 4. The van der Waals surface area contributed by atoms with Gasteiger partial charge in [0, 0.05) is 6.92 Å². The molecular weight excluding hydrogens is 428 g/mol. The Hall–Kier alpha value is -2.21. The normalized spacial score (nSPS) is 14.1. The van der Waals surface area contributed by atoms with Crippen LogP contribution in [-0.2, 0) is 14.0 Å². The monoisotopic (exact) mass is 468 g/mol. The van der Waals surface area contributed by atoms with Gasteiger partial charge in [-0.25, -0.2) is 0 Å². The highest BCUT2D eigenvalue weighted by atomic mass is 28.4. The third kappa shape index (κ3) is 7.39. The highest BCUT2D eigenvalue weighted by molar-refractivity contribution is 6.99. The van der Waals surface area contributed by atoms with Gasteiger partial charge in [0.15, 0.2) is 0 Å². The minimum atomic E-state index is -2.62. The molecule has 0 bridgehead atoms. The number of rotatable bonds is 10. The largest absolute Gasteiger partial charge is 0.458 e. The summed E-state index contributed by atoms with van der Waals surface area (Å²) in [5.74, 6) is -0.323. The Morgan fingerprint density at radius 3 is 1.82 bits per heavy atom. The number of aliphatic hydroxyl groups is 1. The molecule has 0 radical (unpaired) electrons. The van der Waals surface area contributed by atoms with Gasteiger partial charge in [-0.2, -0.15) is 0 Å². The van der Waals surface area contributed by atoms with Crippen LogP contribution in [0, 0.1) is 0 Å². The van der Waals surface area contributed by atoms with Gasteiger partial charge in [0.05, 0.1) is 12.2 Å². The van der Waals surface area contributed by atoms with Crippen molar-refractivity contribution in [2.24, 2.45) is 0 Å². The number of carbonyl (C=O) groups is 1. The third-order valence-corrected chi connectivity index (χ3v) is 11.0. The van der Waals surface area contributed by atoms with Crippen molar-refractivity contribution in [2.75, 3.05) is 6.61 Å². The van der Waals surface area contributed by atoms with Crippen LogP contribution in [0.1, 0.15) is 61.3 Å². The molecule has 0 unspecified atom stereocenters. The van der Waals surface area contributed by atoms with Crippen LogP contribution in [-0.4, -0.2) is 37.7 Å². The van der Waals surface area contributed by atoms with Crippen molar-refractivity contribution in [1.29, 1.82) is 0 Å². The molecule has 5 heteroatoms. The highest BCUT2D eigenvalue weighted by Gasteiger charge is 2.49. The van der Waals surface area contributed by atoms with E-state index in [0.29, 0.717) is 19.4 Å². The van der Waals surface area contributed by atoms with Crippen molar-refractivity contribution < 1.29 is 19.1 Å². The maximum atomic E-state index is 11.7. The molecule has 2 aromatic rings. The molecule has 1 N–H and O–H groups in total. The lowest BCUT2D eigenvalue weighted by atomic mass is 9.97. The van der Waals surface area contributed by atoms with Crippen molar-refractivity contribution in [3.05, 3.63) is 72.3 Å². The van der Waals surface area contributed by atoms with E-state index in [0.717, 1.165) is 5.57 Å². The van der Waals surface area contributed by atoms with Gasteiger partial charge < -0.3 is 14.3 Å². The fourth-order valence-electron chi connectivity index (χ4n) is 4.26. The van der Waals surface area contributed by atoms with Gasteiger partial charge in [-0.3, -0.25) is 4.79 Å². The zero-order valence-corrected chi connectivity index (χ0v) is 22.2. The molecule has 2 aromatic carbocycles. The first-order chi connectivity index (χ1) is 15.4. The molecule has 0 saturated carbocycles. The first-order valence-corrected chi connectivity index (χ1v) is 13.6. The molecule has 33 heavy (non-hydrogen) atoms. The van der Waals surface area contributed by atoms with Gasteiger partial charge in [0.25, 0.3) is 8.32 Å². The Kier molecular flexibility index (Phi) is 9.24. The molecule has 4 nitrogen and oxygen atoms in total. The Bertz CT molecular complexity index is 869. The second kappa shape index (κ2) is 11.3. The molecule has 0 saturated heterocycles. The van der Waals surface area contributed by atoms with Crippen LogP contribution >= 0.6 is 0 Å². The summed E-state index contributed by atoms with van der Waals surface area (Å²) < 4.78 is 12.5. The quantitative estimate of drug-likeness (QED) is 0.303. The molecule has 180 valence electrons. The van der Waals surface area contributed by atoms with Crippen LogP contribution in [0.15, 0.2) is 72.3 Å². The number of benzene rings is 2. The summed E-state index contributed by atoms with van der Waals surface area (Å²) in [4.78, 5) is 11.7. The van der Waals surface area contributed by atoms with E-state index in [-0.39, 0.29) is 17.1 Å². The van der Waals surface area contributed by atoms with Gasteiger partial charge >= 0.3 is 5.97 Å². The van der Waals surface area contributed by atoms with Crippen molar-refractivity contribution in [2.45, 2.75) is 78.1 Å². The molecule has 1 atom stereocenters. The molecule has 0 fully saturated rings. The molecular formula is C28H40O4Si. The smallest absolute Gasteiger partial charge is 0.303 e. The fraction of sp³-hybridized carbons (Fsp3) is 0.464. The molecule has 2 rings (SSSR count). The van der Waals surface area contributed by atoms with Crippen molar-refractivity contribution >= 4 is 24.7 Å². The highest BCUT2D eigenvalue weighted by Crippen LogP contribution is 2.36. The summed E-state index contributed by atoms with van der Waals surface area (Å²) in [6.07, 6.45) is 2.74. The summed E-state index contributed by atoms with van der Waals surface area (Å²) in [6.45, 7) is 14.1. The third-order valence-electron chi connectivity index (χ3n) is 5.96. The van der Waals surface area contributed by atoms with Crippen LogP contribution < -0.4 is 10.4 Å². The van der Waals surface area contributed by atoms with E-state index in [4.69, 9.17) is 9.16 Å². The van der Waals surface area contributed by atoms with Crippen LogP contribution in [0.3, 0.4) is 0 Å². The van der Waals surface area contributed by atoms with E-state index in [2.05, 4.69) is 69.3 Å². The number of carbonyl (C=O) groups excluding carboxylic acids is 1. The summed E-state index contributed by atoms with van der Waals surface area (Å²) in [6, 6.07) is 21.1. The topological polar surface area (TPSA) is 55.8 Å². The van der Waals surface area contributed by atoms with Crippen LogP contribution in [0.2, 0.25) is 5.04 Å². The Morgan fingerprint density at radius 2 is 1.42 bits per heavy atom. The predicted molar refractivity (Wildman–Crippen MR) is 138 cm³/mol. The van der Waals surface area contributed by atoms with Crippen molar-refractivity contribution in [3.8, 4) is 0 Å². The lowest BCUT2D eigenvalue weighted by molar-refractivity contribution is -0.145. The van der Waals surface area contributed by atoms with Gasteiger partial charge in [-0.1, -0.05) is 87.5 Å². The minimum Gasteiger partial charge on any atom is -0.458 e. The standard InChI is InChI=1S/C28H40O4Si/c1-22(26(32-23(2)29)18-20-28(6,7)30)19-21-31-33(27(3,4)5,24-14-10-8-11-15-24)25-16-12-9-13-17-25/h8-17,19,26,30H,18,20-21H2,1-7H3/b22-19+/t26-/m0/s1. The van der Waals surface area contributed by atoms with E-state index in [1.807, 2.05) is 25.1 Å². The molecule has 0 aliphatic carbocycles. The summed E-state index contributed by atoms with van der Waals surface area (Å²) in [5, 5.41) is 12.5. The van der Waals surface area contributed by atoms with E-state index >= 15 is 0 Å². The zero-order valence-electron chi connectivity index (χ0n) is 21.2. The van der Waals surface area contributed by atoms with Crippen LogP contribution in [0.4, 0.5) is 0 Å². The van der Waals surface area contributed by atoms with Gasteiger partial charge in [-0.15, -0.1) is 0 Å². The van der Waals surface area contributed by atoms with E-state index < -0.39 is 13.9 Å². The molecule has 0 aromatic heterocycles. The molecule has 0 amide bonds. The van der Waals surface area contributed by atoms with Gasteiger partial charge in [-0.05, 0) is 54.6 Å². The second-order valence-corrected chi connectivity index (χ2v) is 14.7. The van der Waals surface area contributed by atoms with Crippen LogP contribution in [0.5, 0.6) is 0 Å². The van der Waals surface area contributed by atoms with Gasteiger partial charge in [0.1, 0.15) is 6.10 Å². The lowest BCUT2D eigenvalue weighted by Crippen LogP contribution is -2.66. The Morgan fingerprint density at radius 1 is 0.939 bits per heavy atom. The van der Waals surface area contributed by atoms with Gasteiger partial charge in [0.2, 0.25) is 0 Å². The van der Waals surface area contributed by atoms with E-state index in [1.54, 1.807) is 13.8 Å². The minimum absolute atomic E-state index is 0.104. The SMILES string of the molecule is CC(=O)O[C@@H](CCC(C)(C)O)/C(C)=C/CO[Si](c1ccccc1)(c1ccccc1)C(C)(C)C. The zero-order chi connectivity index (χ0) is 24.7. The fourth-order valence-corrected chi connectivity index (χ4v) is 8.74. The Labute approximate surface area is 200 Å². The number of esters is 1. The summed E-state index contributed by atoms with van der Waals surface area (Å²) >= 11 is 0. The molecule has 0 heterocycles. The number of hydrogen-bond donors (Lipinski definition) is 1. The molecule has 0 aliphatic heterocycles. The van der Waals surface area contributed by atoms with Crippen molar-refractivity contribution in [1.82, 2.24) is 0 Å². The predicted octanol–water partition coefficient (Wildman–Crippen LogP) is 4.99. The maximum Gasteiger partial charge on any atom is 0.303 e. The second-order valence-electron chi connectivity index (χ2n) is 10.4. The first kappa shape index (κ1) is 27.0. The summed E-state index contributed by atoms with van der Waals surface area (Å²) in [7, 11) is -2.62. The Balaban J connectivity index is 2.39. The summed E-state index contributed by atoms with van der Waals surface area (Å²) in [5.41, 5.74) is 0.122. The van der Waals surface area contributed by atoms with E-state index in [1.165, 1.54) is 17.3 Å². The average molecular weight is 469 g/mol. The lowest BCUT2D eigenvalue weighted by Gasteiger charge is -2.42. The maximum absolute atomic E-state index is 11.7. The van der Waals surface area contributed by atoms with Crippen molar-refractivity contribution in [3.63, 3.8) is 0 Å². The number of ether oxygens (including phenoxy) is 1. The molecule has 0 spiro atoms.